The predicted molar refractivity (Wildman–Crippen MR) is 303 cm³/mol. The molecule has 0 N–H and O–H groups in total. The van der Waals surface area contributed by atoms with Crippen LogP contribution in [0, 0.1) is 5.92 Å². The van der Waals surface area contributed by atoms with Crippen LogP contribution in [0.15, 0.2) is 104 Å². The Morgan fingerprint density at radius 1 is 0.532 bits per heavy atom. The van der Waals surface area contributed by atoms with Crippen molar-refractivity contribution in [3.05, 3.63) is 115 Å². The Morgan fingerprint density at radius 2 is 0.962 bits per heavy atom. The van der Waals surface area contributed by atoms with E-state index < -0.39 is 17.3 Å². The molecule has 2 aromatic heterocycles. The molecule has 0 spiro atoms. The normalized spacial score (nSPS) is 16.4. The second-order valence-electron chi connectivity index (χ2n) is 22.8. The minimum absolute atomic E-state index is 0.0873. The van der Waals surface area contributed by atoms with E-state index in [2.05, 4.69) is 16.9 Å². The summed E-state index contributed by atoms with van der Waals surface area (Å²) < 4.78 is 19.0. The highest BCUT2D eigenvalue weighted by Crippen LogP contribution is 2.27. The summed E-state index contributed by atoms with van der Waals surface area (Å²) in [5.41, 5.74) is 2.62. The molecule has 18 heteroatoms. The van der Waals surface area contributed by atoms with Crippen molar-refractivity contribution in [2.24, 2.45) is 5.92 Å². The number of amides is 5. The Balaban J connectivity index is 0.000000200. The van der Waals surface area contributed by atoms with Crippen molar-refractivity contribution in [3.63, 3.8) is 0 Å². The quantitative estimate of drug-likeness (QED) is 0.151. The lowest BCUT2D eigenvalue weighted by Crippen LogP contribution is -2.51. The minimum Gasteiger partial charge on any atom is -0.444 e. The van der Waals surface area contributed by atoms with Gasteiger partial charge in [-0.2, -0.15) is 0 Å². The van der Waals surface area contributed by atoms with Crippen LogP contribution in [0.2, 0.25) is 0 Å². The molecule has 0 bridgehead atoms. The van der Waals surface area contributed by atoms with Crippen molar-refractivity contribution < 1.29 is 43.0 Å². The SMILES string of the molecule is CC(C)(C)OC(=O)N1CCN(C(=O)c2cccc(-c3cn(C(=O)Oc4ccccc4)cn3)c2)CC1.CCC1CCCCC1.CN(C(=O)n1cnc(-c2cccc(C(=O)N3CCN(C(=O)OC(C)(C)C)CC3)c2)c1)C1CCCCC1. The molecule has 4 fully saturated rings. The van der Waals surface area contributed by atoms with Gasteiger partial charge in [-0.1, -0.05) is 107 Å². The van der Waals surface area contributed by atoms with Gasteiger partial charge in [-0.15, -0.1) is 0 Å². The zero-order valence-electron chi connectivity index (χ0n) is 47.6. The Bertz CT molecular complexity index is 2820. The first-order valence-electron chi connectivity index (χ1n) is 28.1. The van der Waals surface area contributed by atoms with Crippen molar-refractivity contribution in [2.45, 2.75) is 136 Å². The summed E-state index contributed by atoms with van der Waals surface area (Å²) in [4.78, 5) is 93.5. The first kappa shape index (κ1) is 59.2. The van der Waals surface area contributed by atoms with E-state index in [1.165, 1.54) is 60.4 Å². The lowest BCUT2D eigenvalue weighted by molar-refractivity contribution is 0.0136. The monoisotopic (exact) mass is 1080 g/mol. The average Bonchev–Trinajstić information content (AvgIpc) is 4.22. The van der Waals surface area contributed by atoms with Gasteiger partial charge < -0.3 is 38.7 Å². The van der Waals surface area contributed by atoms with Gasteiger partial charge in [0.15, 0.2) is 0 Å². The molecule has 5 amide bonds. The van der Waals surface area contributed by atoms with E-state index >= 15 is 0 Å². The first-order chi connectivity index (χ1) is 37.7. The summed E-state index contributed by atoms with van der Waals surface area (Å²) >= 11 is 0. The molecule has 0 atom stereocenters. The molecule has 2 aliphatic heterocycles. The lowest BCUT2D eigenvalue weighted by atomic mass is 9.88. The van der Waals surface area contributed by atoms with Crippen LogP contribution in [0.1, 0.15) is 140 Å². The number of carbonyl (C=O) groups is 6. The number of rotatable bonds is 7. The van der Waals surface area contributed by atoms with E-state index in [-0.39, 0.29) is 36.1 Å². The molecule has 18 nitrogen and oxygen atoms in total. The second kappa shape index (κ2) is 27.4. The van der Waals surface area contributed by atoms with E-state index in [0.717, 1.165) is 37.2 Å². The maximum Gasteiger partial charge on any atom is 0.424 e. The third-order valence-corrected chi connectivity index (χ3v) is 14.5. The fourth-order valence-electron chi connectivity index (χ4n) is 10.0. The van der Waals surface area contributed by atoms with Crippen molar-refractivity contribution in [3.8, 4) is 28.3 Å². The summed E-state index contributed by atoms with van der Waals surface area (Å²) in [6, 6.07) is 23.4. The highest BCUT2D eigenvalue weighted by Gasteiger charge is 2.31. The number of aromatic nitrogens is 4. The maximum atomic E-state index is 13.2. The molecule has 424 valence electrons. The highest BCUT2D eigenvalue weighted by atomic mass is 16.6. The molecule has 2 saturated heterocycles. The van der Waals surface area contributed by atoms with E-state index in [0.29, 0.717) is 86.2 Å². The number of para-hydroxylation sites is 1. The number of piperazine rings is 2. The zero-order chi connectivity index (χ0) is 56.7. The zero-order valence-corrected chi connectivity index (χ0v) is 47.6. The van der Waals surface area contributed by atoms with Crippen LogP contribution in [0.5, 0.6) is 5.75 Å². The molecular weight excluding hydrogens is 1000 g/mol. The number of imidazole rings is 2. The summed E-state index contributed by atoms with van der Waals surface area (Å²) in [6.45, 7) is 16.7. The minimum atomic E-state index is -0.579. The van der Waals surface area contributed by atoms with Crippen LogP contribution in [-0.4, -0.2) is 156 Å². The first-order valence-corrected chi connectivity index (χ1v) is 28.1. The van der Waals surface area contributed by atoms with Gasteiger partial charge in [-0.3, -0.25) is 14.2 Å². The maximum absolute atomic E-state index is 13.2. The molecular formula is C61H81N9O9. The van der Waals surface area contributed by atoms with Crippen LogP contribution in [0.3, 0.4) is 0 Å². The number of ether oxygens (including phenoxy) is 3. The number of carbonyl (C=O) groups excluding carboxylic acids is 6. The second-order valence-corrected chi connectivity index (χ2v) is 22.8. The molecule has 0 unspecified atom stereocenters. The van der Waals surface area contributed by atoms with E-state index in [4.69, 9.17) is 14.2 Å². The van der Waals surface area contributed by atoms with Gasteiger partial charge in [0, 0.05) is 100 Å². The lowest BCUT2D eigenvalue weighted by Gasteiger charge is -2.35. The van der Waals surface area contributed by atoms with Gasteiger partial charge >= 0.3 is 24.3 Å². The van der Waals surface area contributed by atoms with Gasteiger partial charge in [0.1, 0.15) is 29.6 Å². The Hall–Kier alpha value is -7.50. The van der Waals surface area contributed by atoms with Crippen molar-refractivity contribution in [1.29, 1.82) is 0 Å². The van der Waals surface area contributed by atoms with Crippen LogP contribution in [0.25, 0.3) is 22.5 Å². The Kier molecular flexibility index (Phi) is 20.5. The predicted octanol–water partition coefficient (Wildman–Crippen LogP) is 11.7. The molecule has 79 heavy (non-hydrogen) atoms. The Morgan fingerprint density at radius 3 is 1.41 bits per heavy atom. The topological polar surface area (TPSA) is 182 Å². The molecule has 3 aromatic carbocycles. The van der Waals surface area contributed by atoms with Gasteiger partial charge in [0.25, 0.3) is 11.8 Å². The largest absolute Gasteiger partial charge is 0.444 e. The number of nitrogens with zero attached hydrogens (tertiary/aromatic N) is 9. The standard InChI is InChI=1S/C27H37N5O4.C26H28N4O5.C8H16/c1-27(2,3)36-26(35)31-15-13-30(14-16-31)24(33)21-10-8-9-20(17-21)23-18-32(19-28-23)25(34)29(4)22-11-6-5-7-12-22;1-26(2,3)35-25(33)29-14-12-28(13-15-29)23(31)20-9-7-8-19(16-20)22-17-30(18-27-22)24(32)34-21-10-5-4-6-11-21;1-2-8-6-4-3-5-7-8/h8-10,17-19,22H,5-7,11-16H2,1-4H3;4-11,16-18H,12-15H2,1-3H3;8H,2-7H2,1H3. The van der Waals surface area contributed by atoms with Crippen LogP contribution in [0.4, 0.5) is 19.2 Å². The third-order valence-electron chi connectivity index (χ3n) is 14.5. The summed E-state index contributed by atoms with van der Waals surface area (Å²) in [6.07, 6.45) is 19.5. The molecule has 4 aliphatic rings. The third kappa shape index (κ3) is 17.2. The number of hydrogen-bond donors (Lipinski definition) is 0. The fraction of sp³-hybridized carbons (Fsp3) is 0.508. The van der Waals surface area contributed by atoms with Crippen LogP contribution in [-0.2, 0) is 9.47 Å². The summed E-state index contributed by atoms with van der Waals surface area (Å²) in [5, 5.41) is 0. The van der Waals surface area contributed by atoms with Crippen molar-refractivity contribution in [2.75, 3.05) is 59.4 Å². The van der Waals surface area contributed by atoms with Crippen LogP contribution >= 0.6 is 0 Å². The molecule has 0 radical (unpaired) electrons. The fourth-order valence-corrected chi connectivity index (χ4v) is 10.0. The van der Waals surface area contributed by atoms with Crippen molar-refractivity contribution in [1.82, 2.24) is 43.6 Å². The number of hydrogen-bond acceptors (Lipinski definition) is 11. The Labute approximate surface area is 466 Å². The number of benzene rings is 3. The molecule has 9 rings (SSSR count). The van der Waals surface area contributed by atoms with Gasteiger partial charge in [-0.05, 0) is 96.7 Å². The van der Waals surface area contributed by atoms with Gasteiger partial charge in [0.05, 0.1) is 11.4 Å². The van der Waals surface area contributed by atoms with E-state index in [9.17, 15) is 28.8 Å². The molecule has 2 aliphatic carbocycles. The van der Waals surface area contributed by atoms with E-state index in [1.807, 2.05) is 83.8 Å². The molecule has 2 saturated carbocycles. The van der Waals surface area contributed by atoms with Crippen molar-refractivity contribution >= 4 is 36.1 Å². The molecule has 4 heterocycles. The summed E-state index contributed by atoms with van der Waals surface area (Å²) in [5.74, 6) is 1.31. The molecule has 5 aromatic rings. The van der Waals surface area contributed by atoms with Gasteiger partial charge in [0.2, 0.25) is 0 Å². The highest BCUT2D eigenvalue weighted by molar-refractivity contribution is 5.96. The van der Waals surface area contributed by atoms with Crippen LogP contribution < -0.4 is 4.74 Å². The summed E-state index contributed by atoms with van der Waals surface area (Å²) in [7, 11) is 1.86. The van der Waals surface area contributed by atoms with Gasteiger partial charge in [-0.25, -0.2) is 33.7 Å². The average molecular weight is 1080 g/mol. The smallest absolute Gasteiger partial charge is 0.424 e. The van der Waals surface area contributed by atoms with E-state index in [1.54, 1.807) is 86.9 Å².